The van der Waals surface area contributed by atoms with E-state index in [2.05, 4.69) is 26.8 Å². The molecule has 1 saturated carbocycles. The molecule has 4 nitrogen and oxygen atoms in total. The van der Waals surface area contributed by atoms with Crippen LogP contribution in [0.15, 0.2) is 12.5 Å². The van der Waals surface area contributed by atoms with Gasteiger partial charge in [0.2, 0.25) is 0 Å². The predicted octanol–water partition coefficient (Wildman–Crippen LogP) is 1.95. The number of hydrogen-bond donors (Lipinski definition) is 1. The van der Waals surface area contributed by atoms with Gasteiger partial charge in [0.25, 0.3) is 0 Å². The summed E-state index contributed by atoms with van der Waals surface area (Å²) < 4.78 is 2.15. The van der Waals surface area contributed by atoms with E-state index in [1.54, 1.807) is 0 Å². The zero-order valence-electron chi connectivity index (χ0n) is 11.8. The van der Waals surface area contributed by atoms with Crippen molar-refractivity contribution >= 4 is 12.4 Å². The van der Waals surface area contributed by atoms with Crippen molar-refractivity contribution in [3.05, 3.63) is 18.2 Å². The molecule has 2 fully saturated rings. The second-order valence-electron chi connectivity index (χ2n) is 5.88. The lowest BCUT2D eigenvalue weighted by Gasteiger charge is -2.50. The Labute approximate surface area is 122 Å². The number of halogens is 1. The fourth-order valence-electron chi connectivity index (χ4n) is 3.57. The first-order valence-electron chi connectivity index (χ1n) is 7.21. The Bertz CT molecular complexity index is 390. The highest BCUT2D eigenvalue weighted by Crippen LogP contribution is 2.35. The molecule has 0 bridgehead atoms. The monoisotopic (exact) mass is 284 g/mol. The molecule has 2 heterocycles. The second-order valence-corrected chi connectivity index (χ2v) is 5.88. The molecule has 0 atom stereocenters. The van der Waals surface area contributed by atoms with Crippen LogP contribution >= 0.6 is 12.4 Å². The van der Waals surface area contributed by atoms with E-state index in [4.69, 9.17) is 0 Å². The van der Waals surface area contributed by atoms with E-state index >= 15 is 0 Å². The summed E-state index contributed by atoms with van der Waals surface area (Å²) in [5.41, 5.74) is 1.75. The molecule has 0 amide bonds. The molecule has 19 heavy (non-hydrogen) atoms. The SMILES string of the molecule is Cl.Cn1cncc1CN1CCNCC12CCCCC2. The van der Waals surface area contributed by atoms with Gasteiger partial charge in [-0.25, -0.2) is 4.98 Å². The van der Waals surface area contributed by atoms with Gasteiger partial charge in [-0.05, 0) is 12.8 Å². The predicted molar refractivity (Wildman–Crippen MR) is 79.6 cm³/mol. The average molecular weight is 285 g/mol. The minimum absolute atomic E-state index is 0. The van der Waals surface area contributed by atoms with Crippen molar-refractivity contribution in [2.24, 2.45) is 7.05 Å². The molecule has 1 aromatic heterocycles. The van der Waals surface area contributed by atoms with Crippen LogP contribution in [0.5, 0.6) is 0 Å². The zero-order valence-corrected chi connectivity index (χ0v) is 12.6. The van der Waals surface area contributed by atoms with Crippen LogP contribution in [-0.2, 0) is 13.6 Å². The Hall–Kier alpha value is -0.580. The van der Waals surface area contributed by atoms with Crippen molar-refractivity contribution in [1.82, 2.24) is 19.8 Å². The van der Waals surface area contributed by atoms with Gasteiger partial charge in [0.05, 0.1) is 12.0 Å². The lowest BCUT2D eigenvalue weighted by atomic mass is 9.79. The van der Waals surface area contributed by atoms with Gasteiger partial charge < -0.3 is 9.88 Å². The topological polar surface area (TPSA) is 33.1 Å². The summed E-state index contributed by atoms with van der Waals surface area (Å²) in [6.07, 6.45) is 10.8. The van der Waals surface area contributed by atoms with Crippen molar-refractivity contribution < 1.29 is 0 Å². The van der Waals surface area contributed by atoms with E-state index in [1.165, 1.54) is 50.9 Å². The van der Waals surface area contributed by atoms with Crippen molar-refractivity contribution in [2.45, 2.75) is 44.2 Å². The summed E-state index contributed by atoms with van der Waals surface area (Å²) in [5, 5.41) is 3.61. The summed E-state index contributed by atoms with van der Waals surface area (Å²) in [5.74, 6) is 0. The highest BCUT2D eigenvalue weighted by molar-refractivity contribution is 5.85. The third kappa shape index (κ3) is 2.96. The molecule has 5 heteroatoms. The fraction of sp³-hybridized carbons (Fsp3) is 0.786. The first kappa shape index (κ1) is 14.8. The Balaban J connectivity index is 0.00000133. The van der Waals surface area contributed by atoms with E-state index in [1.807, 2.05) is 12.5 Å². The summed E-state index contributed by atoms with van der Waals surface area (Å²) in [6.45, 7) is 4.52. The van der Waals surface area contributed by atoms with Crippen LogP contribution in [0, 0.1) is 0 Å². The number of aromatic nitrogens is 2. The molecule has 1 N–H and O–H groups in total. The van der Waals surface area contributed by atoms with Gasteiger partial charge in [-0.3, -0.25) is 4.90 Å². The first-order valence-corrected chi connectivity index (χ1v) is 7.21. The molecule has 1 aliphatic heterocycles. The standard InChI is InChI=1S/C14H24N4.ClH/c1-17-12-16-9-13(17)10-18-8-7-15-11-14(18)5-3-2-4-6-14;/h9,12,15H,2-8,10-11H2,1H3;1H. The largest absolute Gasteiger partial charge is 0.337 e. The Kier molecular flexibility index (Phi) is 4.87. The van der Waals surface area contributed by atoms with Crippen molar-refractivity contribution in [1.29, 1.82) is 0 Å². The van der Waals surface area contributed by atoms with Gasteiger partial charge in [-0.2, -0.15) is 0 Å². The Morgan fingerprint density at radius 3 is 2.79 bits per heavy atom. The fourth-order valence-corrected chi connectivity index (χ4v) is 3.57. The van der Waals surface area contributed by atoms with Crippen LogP contribution in [0.3, 0.4) is 0 Å². The average Bonchev–Trinajstić information content (AvgIpc) is 2.79. The van der Waals surface area contributed by atoms with E-state index < -0.39 is 0 Å². The van der Waals surface area contributed by atoms with Crippen molar-refractivity contribution in [3.8, 4) is 0 Å². The molecule has 1 aromatic rings. The number of aryl methyl sites for hydroxylation is 1. The Morgan fingerprint density at radius 1 is 1.32 bits per heavy atom. The molecule has 3 rings (SSSR count). The number of rotatable bonds is 2. The molecule has 0 radical (unpaired) electrons. The number of nitrogens with zero attached hydrogens (tertiary/aromatic N) is 3. The van der Waals surface area contributed by atoms with Crippen LogP contribution in [0.2, 0.25) is 0 Å². The van der Waals surface area contributed by atoms with Gasteiger partial charge in [0.1, 0.15) is 0 Å². The molecule has 108 valence electrons. The van der Waals surface area contributed by atoms with Gasteiger partial charge >= 0.3 is 0 Å². The molecular weight excluding hydrogens is 260 g/mol. The van der Waals surface area contributed by atoms with E-state index in [9.17, 15) is 0 Å². The minimum Gasteiger partial charge on any atom is -0.337 e. The van der Waals surface area contributed by atoms with Crippen LogP contribution < -0.4 is 5.32 Å². The Morgan fingerprint density at radius 2 is 2.11 bits per heavy atom. The van der Waals surface area contributed by atoms with Crippen LogP contribution in [-0.4, -0.2) is 39.6 Å². The summed E-state index contributed by atoms with van der Waals surface area (Å²) in [6, 6.07) is 0. The molecule has 1 spiro atoms. The van der Waals surface area contributed by atoms with Gasteiger partial charge in [-0.15, -0.1) is 12.4 Å². The van der Waals surface area contributed by atoms with Gasteiger partial charge in [-0.1, -0.05) is 19.3 Å². The van der Waals surface area contributed by atoms with Crippen molar-refractivity contribution in [2.75, 3.05) is 19.6 Å². The number of imidazole rings is 1. The lowest BCUT2D eigenvalue weighted by molar-refractivity contribution is 0.0193. The first-order chi connectivity index (χ1) is 8.80. The molecule has 0 unspecified atom stereocenters. The summed E-state index contributed by atoms with van der Waals surface area (Å²) in [4.78, 5) is 6.95. The normalized spacial score (nSPS) is 23.2. The van der Waals surface area contributed by atoms with Crippen molar-refractivity contribution in [3.63, 3.8) is 0 Å². The van der Waals surface area contributed by atoms with Gasteiger partial charge in [0.15, 0.2) is 0 Å². The lowest BCUT2D eigenvalue weighted by Crippen LogP contribution is -2.61. The highest BCUT2D eigenvalue weighted by Gasteiger charge is 2.39. The number of hydrogen-bond acceptors (Lipinski definition) is 3. The van der Waals surface area contributed by atoms with Crippen LogP contribution in [0.4, 0.5) is 0 Å². The molecule has 2 aliphatic rings. The molecule has 0 aromatic carbocycles. The molecule has 1 saturated heterocycles. The zero-order chi connectivity index (χ0) is 12.4. The summed E-state index contributed by atoms with van der Waals surface area (Å²) >= 11 is 0. The maximum absolute atomic E-state index is 4.24. The third-order valence-electron chi connectivity index (χ3n) is 4.74. The molecular formula is C14H25ClN4. The van der Waals surface area contributed by atoms with Gasteiger partial charge in [0, 0.05) is 45.0 Å². The van der Waals surface area contributed by atoms with E-state index in [-0.39, 0.29) is 12.4 Å². The summed E-state index contributed by atoms with van der Waals surface area (Å²) in [7, 11) is 2.10. The quantitative estimate of drug-likeness (QED) is 0.901. The smallest absolute Gasteiger partial charge is 0.0945 e. The highest BCUT2D eigenvalue weighted by atomic mass is 35.5. The van der Waals surface area contributed by atoms with Crippen LogP contribution in [0.25, 0.3) is 0 Å². The second kappa shape index (κ2) is 6.25. The van der Waals surface area contributed by atoms with E-state index in [0.717, 1.165) is 13.1 Å². The number of piperazine rings is 1. The van der Waals surface area contributed by atoms with Crippen LogP contribution in [0.1, 0.15) is 37.8 Å². The third-order valence-corrected chi connectivity index (χ3v) is 4.74. The molecule has 1 aliphatic carbocycles. The minimum atomic E-state index is 0. The van der Waals surface area contributed by atoms with E-state index in [0.29, 0.717) is 5.54 Å². The maximum Gasteiger partial charge on any atom is 0.0945 e. The number of nitrogens with one attached hydrogen (secondary N) is 1. The maximum atomic E-state index is 4.24.